The van der Waals surface area contributed by atoms with E-state index in [1.807, 2.05) is 12.1 Å². The maximum absolute atomic E-state index is 14.4. The van der Waals surface area contributed by atoms with Gasteiger partial charge in [-0.1, -0.05) is 35.3 Å². The molecule has 53 heavy (non-hydrogen) atoms. The molecule has 0 unspecified atom stereocenters. The summed E-state index contributed by atoms with van der Waals surface area (Å²) in [5.74, 6) is 0.431. The van der Waals surface area contributed by atoms with E-state index in [0.717, 1.165) is 18.4 Å². The number of hydrogen-bond acceptors (Lipinski definition) is 9. The van der Waals surface area contributed by atoms with Crippen LogP contribution in [0.4, 0.5) is 11.6 Å². The molecule has 3 fully saturated rings. The minimum atomic E-state index is -1.32. The van der Waals surface area contributed by atoms with Crippen LogP contribution in [0.25, 0.3) is 11.5 Å². The van der Waals surface area contributed by atoms with E-state index in [-0.39, 0.29) is 29.9 Å². The van der Waals surface area contributed by atoms with Gasteiger partial charge in [0.1, 0.15) is 16.8 Å². The number of nitriles is 1. The first-order valence-electron chi connectivity index (χ1n) is 17.3. The van der Waals surface area contributed by atoms with Gasteiger partial charge in [-0.25, -0.2) is 9.88 Å². The molecule has 2 N–H and O–H groups in total. The Kier molecular flexibility index (Phi) is 7.52. The Morgan fingerprint density at radius 3 is 2.32 bits per heavy atom. The minimum absolute atomic E-state index is 0.114. The number of pyridine rings is 1. The van der Waals surface area contributed by atoms with Gasteiger partial charge in [0, 0.05) is 28.6 Å². The lowest BCUT2D eigenvalue weighted by Crippen LogP contribution is -2.52. The van der Waals surface area contributed by atoms with Crippen molar-refractivity contribution < 1.29 is 18.8 Å². The number of rotatable bonds is 10. The van der Waals surface area contributed by atoms with E-state index in [9.17, 15) is 19.6 Å². The van der Waals surface area contributed by atoms with Gasteiger partial charge in [-0.2, -0.15) is 5.26 Å². The number of amides is 3. The van der Waals surface area contributed by atoms with Gasteiger partial charge in [-0.05, 0) is 93.5 Å². The summed E-state index contributed by atoms with van der Waals surface area (Å²) in [6.07, 6.45) is 7.69. The van der Waals surface area contributed by atoms with Gasteiger partial charge in [0.2, 0.25) is 23.6 Å². The van der Waals surface area contributed by atoms with Crippen molar-refractivity contribution in [1.82, 2.24) is 35.4 Å². The molecule has 3 saturated carbocycles. The Hall–Kier alpha value is -5.58. The van der Waals surface area contributed by atoms with Crippen LogP contribution >= 0.6 is 23.2 Å². The molecule has 13 nitrogen and oxygen atoms in total. The van der Waals surface area contributed by atoms with Gasteiger partial charge in [0.25, 0.3) is 11.8 Å². The van der Waals surface area contributed by atoms with Crippen molar-refractivity contribution in [2.24, 2.45) is 0 Å². The quantitative estimate of drug-likeness (QED) is 0.172. The summed E-state index contributed by atoms with van der Waals surface area (Å²) < 4.78 is 7.43. The molecule has 3 aromatic heterocycles. The molecule has 3 amide bonds. The molecular formula is C38H31Cl2N9O4. The van der Waals surface area contributed by atoms with Gasteiger partial charge in [0.15, 0.2) is 0 Å². The lowest BCUT2D eigenvalue weighted by atomic mass is 9.91. The normalized spacial score (nSPS) is 20.4. The highest BCUT2D eigenvalue weighted by Crippen LogP contribution is 2.48. The van der Waals surface area contributed by atoms with E-state index >= 15 is 0 Å². The largest absolute Gasteiger partial charge is 0.420 e. The molecule has 15 heteroatoms. The van der Waals surface area contributed by atoms with E-state index in [1.54, 1.807) is 60.2 Å². The molecule has 0 saturated heterocycles. The van der Waals surface area contributed by atoms with Crippen LogP contribution < -0.4 is 15.5 Å². The van der Waals surface area contributed by atoms with Crippen molar-refractivity contribution in [2.45, 2.75) is 74.4 Å². The second kappa shape index (κ2) is 12.0. The maximum Gasteiger partial charge on any atom is 0.270 e. The molecular weight excluding hydrogens is 717 g/mol. The molecule has 2 aromatic carbocycles. The third kappa shape index (κ3) is 5.73. The molecule has 1 aliphatic heterocycles. The summed E-state index contributed by atoms with van der Waals surface area (Å²) >= 11 is 12.7. The molecule has 0 bridgehead atoms. The highest BCUT2D eigenvalue weighted by atomic mass is 35.5. The van der Waals surface area contributed by atoms with E-state index in [4.69, 9.17) is 27.6 Å². The molecule has 5 aromatic rings. The Bertz CT molecular complexity index is 2350. The Labute approximate surface area is 313 Å². The fourth-order valence-corrected chi connectivity index (χ4v) is 7.61. The van der Waals surface area contributed by atoms with Gasteiger partial charge >= 0.3 is 0 Å². The average Bonchev–Trinajstić information content (AvgIpc) is 4.11. The minimum Gasteiger partial charge on any atom is -0.420 e. The zero-order valence-electron chi connectivity index (χ0n) is 28.4. The monoisotopic (exact) mass is 747 g/mol. The lowest BCUT2D eigenvalue weighted by molar-refractivity contribution is -0.125. The molecule has 3 aliphatic carbocycles. The first-order valence-corrected chi connectivity index (χ1v) is 18.1. The second-order valence-electron chi connectivity index (χ2n) is 14.5. The predicted octanol–water partition coefficient (Wildman–Crippen LogP) is 6.09. The molecule has 0 spiro atoms. The van der Waals surface area contributed by atoms with Gasteiger partial charge in [0.05, 0.1) is 40.3 Å². The molecule has 9 rings (SSSR count). The first kappa shape index (κ1) is 33.3. The lowest BCUT2D eigenvalue weighted by Gasteiger charge is -2.27. The van der Waals surface area contributed by atoms with E-state index in [0.29, 0.717) is 75.9 Å². The fraction of sp³-hybridized carbons (Fsp3) is 0.316. The number of hydrogen-bond donors (Lipinski definition) is 2. The third-order valence-electron chi connectivity index (χ3n) is 10.6. The smallest absolute Gasteiger partial charge is 0.270 e. The molecule has 4 heterocycles. The third-order valence-corrected chi connectivity index (χ3v) is 11.0. The van der Waals surface area contributed by atoms with Crippen LogP contribution in [0.5, 0.6) is 0 Å². The number of benzene rings is 2. The molecule has 4 aliphatic rings. The van der Waals surface area contributed by atoms with Crippen molar-refractivity contribution in [3.63, 3.8) is 0 Å². The standard InChI is InChI=1S/C38H31Cl2N9O4/c1-36(17-21-2-4-22(18-41)5-3-21)34(52)48(27-15-25(39)14-26(40)16-27)35-43-20-28(49(35)36)30(50)44-38(12-13-38)33(51)45-37(10-11-37)29-9-8-24(19-42-29)32-47-46-31(53-32)23-6-7-23/h2-5,8-9,14-16,19-20,23H,6-7,10-13,17H2,1H3,(H,44,50)(H,45,51)/t36-/m1/s1. The zero-order chi connectivity index (χ0) is 36.7. The fourth-order valence-electron chi connectivity index (χ4n) is 7.10. The second-order valence-corrected chi connectivity index (χ2v) is 15.4. The van der Waals surface area contributed by atoms with Crippen LogP contribution in [0.15, 0.2) is 71.4 Å². The van der Waals surface area contributed by atoms with Crippen molar-refractivity contribution in [3.05, 3.63) is 105 Å². The van der Waals surface area contributed by atoms with E-state index in [2.05, 4.69) is 36.9 Å². The number of imidazole rings is 1. The van der Waals surface area contributed by atoms with Crippen LogP contribution in [0.3, 0.4) is 0 Å². The Balaban J connectivity index is 0.972. The summed E-state index contributed by atoms with van der Waals surface area (Å²) in [6.45, 7) is 1.74. The Morgan fingerprint density at radius 1 is 0.962 bits per heavy atom. The predicted molar refractivity (Wildman–Crippen MR) is 192 cm³/mol. The van der Waals surface area contributed by atoms with Crippen LogP contribution in [-0.4, -0.2) is 48.0 Å². The summed E-state index contributed by atoms with van der Waals surface area (Å²) in [4.78, 5) is 53.1. The van der Waals surface area contributed by atoms with Crippen LogP contribution in [-0.2, 0) is 27.1 Å². The number of nitrogens with one attached hydrogen (secondary N) is 2. The number of fused-ring (bicyclic) bond motifs is 1. The van der Waals surface area contributed by atoms with Crippen molar-refractivity contribution in [2.75, 3.05) is 4.90 Å². The molecule has 1 atom stereocenters. The van der Waals surface area contributed by atoms with Crippen molar-refractivity contribution >= 4 is 52.6 Å². The van der Waals surface area contributed by atoms with Gasteiger partial charge in [-0.15, -0.1) is 10.2 Å². The highest BCUT2D eigenvalue weighted by Gasteiger charge is 2.57. The number of carbonyl (C=O) groups is 3. The highest BCUT2D eigenvalue weighted by molar-refractivity contribution is 6.35. The molecule has 266 valence electrons. The van der Waals surface area contributed by atoms with Crippen LogP contribution in [0.2, 0.25) is 10.0 Å². The summed E-state index contributed by atoms with van der Waals surface area (Å²) in [6, 6.07) is 17.5. The number of anilines is 2. The number of nitrogens with zero attached hydrogens (tertiary/aromatic N) is 7. The summed E-state index contributed by atoms with van der Waals surface area (Å²) in [7, 11) is 0. The van der Waals surface area contributed by atoms with Gasteiger partial charge < -0.3 is 15.1 Å². The van der Waals surface area contributed by atoms with Gasteiger partial charge in [-0.3, -0.25) is 23.9 Å². The van der Waals surface area contributed by atoms with Crippen LogP contribution in [0, 0.1) is 11.3 Å². The zero-order valence-corrected chi connectivity index (χ0v) is 29.9. The topological polar surface area (TPSA) is 172 Å². The number of carbonyl (C=O) groups excluding carboxylic acids is 3. The summed E-state index contributed by atoms with van der Waals surface area (Å²) in [5, 5.41) is 24.4. The summed E-state index contributed by atoms with van der Waals surface area (Å²) in [5.41, 5.74) is 0.0759. The van der Waals surface area contributed by atoms with E-state index in [1.165, 1.54) is 11.1 Å². The number of halogens is 2. The number of aromatic nitrogens is 5. The Morgan fingerprint density at radius 2 is 1.70 bits per heavy atom. The first-order chi connectivity index (χ1) is 25.5. The van der Waals surface area contributed by atoms with Crippen molar-refractivity contribution in [1.29, 1.82) is 5.26 Å². The maximum atomic E-state index is 14.4. The molecule has 0 radical (unpaired) electrons. The van der Waals surface area contributed by atoms with Crippen molar-refractivity contribution in [3.8, 4) is 17.5 Å². The SMILES string of the molecule is C[C@@]1(Cc2ccc(C#N)cc2)C(=O)N(c2cc(Cl)cc(Cl)c2)c2ncc(C(=O)NC3(C(=O)NC4(c5ccc(-c6nnc(C7CC7)o6)cn5)CC4)CC3)n21. The van der Waals surface area contributed by atoms with E-state index < -0.39 is 22.5 Å². The average molecular weight is 749 g/mol. The van der Waals surface area contributed by atoms with Crippen LogP contribution in [0.1, 0.15) is 84.6 Å².